The molecule has 0 saturated heterocycles. The molecule has 160 valence electrons. The second kappa shape index (κ2) is 9.67. The van der Waals surface area contributed by atoms with Gasteiger partial charge in [0, 0.05) is 24.1 Å². The first-order valence-electron chi connectivity index (χ1n) is 10.6. The Morgan fingerprint density at radius 1 is 0.968 bits per heavy atom. The van der Waals surface area contributed by atoms with Gasteiger partial charge in [0.15, 0.2) is 18.0 Å². The van der Waals surface area contributed by atoms with Gasteiger partial charge in [0.1, 0.15) is 6.04 Å². The largest absolute Gasteiger partial charge is 0.493 e. The fourth-order valence-electron chi connectivity index (χ4n) is 4.40. The third kappa shape index (κ3) is 4.72. The topological polar surface area (TPSA) is 52.0 Å². The van der Waals surface area contributed by atoms with Gasteiger partial charge >= 0.3 is 0 Å². The molecule has 1 aliphatic heterocycles. The Bertz CT molecular complexity index is 1020. The molecule has 1 heterocycles. The number of carbonyl (C=O) groups excluding carboxylic acids is 1. The molecule has 0 saturated carbocycles. The summed E-state index contributed by atoms with van der Waals surface area (Å²) in [6.07, 6.45) is 0.889. The van der Waals surface area contributed by atoms with Crippen LogP contribution in [-0.4, -0.2) is 33.2 Å². The molecule has 3 aromatic carbocycles. The highest BCUT2D eigenvalue weighted by Crippen LogP contribution is 2.35. The SMILES string of the molecule is COc1cc2c(cc1OC)[C@@H](c1ccccc1)[NH+](CC(=O)NCc1ccccc1)CC2. The Balaban J connectivity index is 1.59. The molecule has 0 spiro atoms. The third-order valence-electron chi connectivity index (χ3n) is 5.93. The molecule has 1 amide bonds. The lowest BCUT2D eigenvalue weighted by Crippen LogP contribution is -3.14. The predicted octanol–water partition coefficient (Wildman–Crippen LogP) is 2.55. The van der Waals surface area contributed by atoms with Crippen molar-refractivity contribution < 1.29 is 19.2 Å². The quantitative estimate of drug-likeness (QED) is 0.621. The Labute approximate surface area is 183 Å². The van der Waals surface area contributed by atoms with Gasteiger partial charge in [-0.05, 0) is 23.3 Å². The highest BCUT2D eigenvalue weighted by Gasteiger charge is 2.34. The van der Waals surface area contributed by atoms with E-state index in [1.54, 1.807) is 14.2 Å². The summed E-state index contributed by atoms with van der Waals surface area (Å²) in [4.78, 5) is 14.1. The molecule has 0 radical (unpaired) electrons. The van der Waals surface area contributed by atoms with Gasteiger partial charge in [-0.15, -0.1) is 0 Å². The fraction of sp³-hybridized carbons (Fsp3) is 0.269. The number of ether oxygens (including phenoxy) is 2. The second-order valence-electron chi connectivity index (χ2n) is 7.85. The van der Waals surface area contributed by atoms with E-state index in [4.69, 9.17) is 9.47 Å². The molecule has 0 fully saturated rings. The average molecular weight is 418 g/mol. The standard InChI is InChI=1S/C26H28N2O3/c1-30-23-15-21-13-14-28(18-25(29)27-17-19-9-5-3-6-10-19)26(20-11-7-4-8-12-20)22(21)16-24(23)31-2/h3-12,15-16,26H,13-14,17-18H2,1-2H3,(H,27,29)/p+1/t26-/m1/s1. The van der Waals surface area contributed by atoms with Crippen LogP contribution in [0.2, 0.25) is 0 Å². The van der Waals surface area contributed by atoms with Crippen molar-refractivity contribution >= 4 is 5.91 Å². The van der Waals surface area contributed by atoms with E-state index in [0.29, 0.717) is 13.1 Å². The zero-order valence-electron chi connectivity index (χ0n) is 18.1. The zero-order chi connectivity index (χ0) is 21.6. The number of methoxy groups -OCH3 is 2. The summed E-state index contributed by atoms with van der Waals surface area (Å²) in [5.41, 5.74) is 4.74. The van der Waals surface area contributed by atoms with E-state index in [9.17, 15) is 4.79 Å². The molecule has 1 aliphatic rings. The highest BCUT2D eigenvalue weighted by molar-refractivity contribution is 5.76. The molecule has 0 aliphatic carbocycles. The minimum atomic E-state index is 0.0590. The normalized spacial score (nSPS) is 17.5. The van der Waals surface area contributed by atoms with E-state index in [1.165, 1.54) is 21.6 Å². The van der Waals surface area contributed by atoms with Gasteiger partial charge in [-0.25, -0.2) is 0 Å². The molecule has 2 atom stereocenters. The van der Waals surface area contributed by atoms with Crippen LogP contribution in [0.5, 0.6) is 11.5 Å². The summed E-state index contributed by atoms with van der Waals surface area (Å²) < 4.78 is 11.1. The van der Waals surface area contributed by atoms with Crippen LogP contribution in [-0.2, 0) is 17.8 Å². The number of hydrogen-bond acceptors (Lipinski definition) is 3. The molecule has 3 aromatic rings. The maximum atomic E-state index is 12.8. The van der Waals surface area contributed by atoms with E-state index < -0.39 is 0 Å². The summed E-state index contributed by atoms with van der Waals surface area (Å²) in [5, 5.41) is 3.08. The molecule has 5 heteroatoms. The predicted molar refractivity (Wildman–Crippen MR) is 121 cm³/mol. The van der Waals surface area contributed by atoms with Crippen LogP contribution in [0.25, 0.3) is 0 Å². The van der Waals surface area contributed by atoms with Crippen LogP contribution in [0.15, 0.2) is 72.8 Å². The van der Waals surface area contributed by atoms with Gasteiger partial charge in [-0.1, -0.05) is 60.7 Å². The minimum absolute atomic E-state index is 0.0590. The summed E-state index contributed by atoms with van der Waals surface area (Å²) in [6, 6.07) is 24.6. The van der Waals surface area contributed by atoms with Gasteiger partial charge in [0.25, 0.3) is 5.91 Å². The van der Waals surface area contributed by atoms with Crippen molar-refractivity contribution in [2.45, 2.75) is 19.0 Å². The van der Waals surface area contributed by atoms with Crippen LogP contribution in [0, 0.1) is 0 Å². The van der Waals surface area contributed by atoms with Crippen molar-refractivity contribution in [2.75, 3.05) is 27.3 Å². The number of carbonyl (C=O) groups is 1. The molecule has 1 unspecified atom stereocenters. The van der Waals surface area contributed by atoms with Gasteiger partial charge in [-0.2, -0.15) is 0 Å². The van der Waals surface area contributed by atoms with Crippen molar-refractivity contribution in [3.05, 3.63) is 95.1 Å². The number of quaternary nitrogens is 1. The van der Waals surface area contributed by atoms with Gasteiger partial charge in [-0.3, -0.25) is 4.79 Å². The van der Waals surface area contributed by atoms with Crippen LogP contribution in [0.1, 0.15) is 28.3 Å². The first-order valence-corrected chi connectivity index (χ1v) is 10.6. The molecule has 2 N–H and O–H groups in total. The van der Waals surface area contributed by atoms with Gasteiger partial charge < -0.3 is 19.7 Å². The van der Waals surface area contributed by atoms with Gasteiger partial charge in [0.2, 0.25) is 0 Å². The number of nitrogens with one attached hydrogen (secondary N) is 2. The number of fused-ring (bicyclic) bond motifs is 1. The van der Waals surface area contributed by atoms with E-state index in [0.717, 1.165) is 30.0 Å². The summed E-state index contributed by atoms with van der Waals surface area (Å²) in [6.45, 7) is 1.84. The van der Waals surface area contributed by atoms with E-state index in [1.807, 2.05) is 36.4 Å². The lowest BCUT2D eigenvalue weighted by atomic mass is 9.87. The summed E-state index contributed by atoms with van der Waals surface area (Å²) in [5.74, 6) is 1.53. The Morgan fingerprint density at radius 3 is 2.29 bits per heavy atom. The maximum Gasteiger partial charge on any atom is 0.275 e. The Kier molecular flexibility index (Phi) is 6.53. The smallest absolute Gasteiger partial charge is 0.275 e. The minimum Gasteiger partial charge on any atom is -0.493 e. The van der Waals surface area contributed by atoms with Crippen LogP contribution >= 0.6 is 0 Å². The molecule has 0 aromatic heterocycles. The molecule has 31 heavy (non-hydrogen) atoms. The highest BCUT2D eigenvalue weighted by atomic mass is 16.5. The number of hydrogen-bond donors (Lipinski definition) is 2. The zero-order valence-corrected chi connectivity index (χ0v) is 18.1. The monoisotopic (exact) mass is 417 g/mol. The fourth-order valence-corrected chi connectivity index (χ4v) is 4.40. The lowest BCUT2D eigenvalue weighted by molar-refractivity contribution is -0.920. The Morgan fingerprint density at radius 2 is 1.61 bits per heavy atom. The average Bonchev–Trinajstić information content (AvgIpc) is 2.83. The Hall–Kier alpha value is -3.31. The number of benzene rings is 3. The van der Waals surface area contributed by atoms with Crippen LogP contribution < -0.4 is 19.7 Å². The first-order chi connectivity index (χ1) is 15.2. The van der Waals surface area contributed by atoms with E-state index in [-0.39, 0.29) is 11.9 Å². The molecular weight excluding hydrogens is 388 g/mol. The molecule has 4 rings (SSSR count). The second-order valence-corrected chi connectivity index (χ2v) is 7.85. The van der Waals surface area contributed by atoms with Gasteiger partial charge in [0.05, 0.1) is 20.8 Å². The molecular formula is C26H29N2O3+. The number of amides is 1. The van der Waals surface area contributed by atoms with Crippen molar-refractivity contribution in [2.24, 2.45) is 0 Å². The third-order valence-corrected chi connectivity index (χ3v) is 5.93. The first kappa shape index (κ1) is 20.9. The van der Waals surface area contributed by atoms with Crippen LogP contribution in [0.4, 0.5) is 0 Å². The van der Waals surface area contributed by atoms with E-state index >= 15 is 0 Å². The van der Waals surface area contributed by atoms with Crippen molar-refractivity contribution in [1.82, 2.24) is 5.32 Å². The summed E-state index contributed by atoms with van der Waals surface area (Å²) >= 11 is 0. The molecule has 0 bridgehead atoms. The van der Waals surface area contributed by atoms with Crippen molar-refractivity contribution in [3.8, 4) is 11.5 Å². The summed E-state index contributed by atoms with van der Waals surface area (Å²) in [7, 11) is 3.32. The maximum absolute atomic E-state index is 12.8. The number of rotatable bonds is 7. The van der Waals surface area contributed by atoms with Crippen molar-refractivity contribution in [1.29, 1.82) is 0 Å². The van der Waals surface area contributed by atoms with Crippen molar-refractivity contribution in [3.63, 3.8) is 0 Å². The van der Waals surface area contributed by atoms with E-state index in [2.05, 4.69) is 41.7 Å². The molecule has 5 nitrogen and oxygen atoms in total. The lowest BCUT2D eigenvalue weighted by Gasteiger charge is -2.34. The van der Waals surface area contributed by atoms with Crippen LogP contribution in [0.3, 0.4) is 0 Å².